The molecule has 2 saturated heterocycles. The molecule has 118 valence electrons. The van der Waals surface area contributed by atoms with Crippen molar-refractivity contribution >= 4 is 11.8 Å². The Labute approximate surface area is 122 Å². The summed E-state index contributed by atoms with van der Waals surface area (Å²) in [6.07, 6.45) is -1.40. The highest BCUT2D eigenvalue weighted by Crippen LogP contribution is 2.41. The summed E-state index contributed by atoms with van der Waals surface area (Å²) in [5, 5.41) is 3.11. The molecule has 0 bridgehead atoms. The Balaban J connectivity index is 1.83. The number of alkyl halides is 3. The lowest BCUT2D eigenvalue weighted by atomic mass is 9.81. The number of ether oxygens (including phenoxy) is 2. The minimum atomic E-state index is -4.25. The van der Waals surface area contributed by atoms with Gasteiger partial charge in [-0.25, -0.2) is 0 Å². The summed E-state index contributed by atoms with van der Waals surface area (Å²) >= 11 is 1.90. The summed E-state index contributed by atoms with van der Waals surface area (Å²) in [4.78, 5) is 0. The van der Waals surface area contributed by atoms with Gasteiger partial charge < -0.3 is 14.8 Å². The van der Waals surface area contributed by atoms with E-state index in [1.54, 1.807) is 7.05 Å². The van der Waals surface area contributed by atoms with Crippen LogP contribution in [0, 0.1) is 5.92 Å². The number of rotatable bonds is 5. The molecule has 7 heteroatoms. The monoisotopic (exact) mass is 313 g/mol. The molecular formula is C13H22F3NO2S. The molecule has 2 rings (SSSR count). The van der Waals surface area contributed by atoms with Crippen molar-refractivity contribution in [2.24, 2.45) is 5.92 Å². The fourth-order valence-corrected chi connectivity index (χ4v) is 4.41. The first-order valence-electron chi connectivity index (χ1n) is 6.98. The normalized spacial score (nSPS) is 32.7. The van der Waals surface area contributed by atoms with Gasteiger partial charge in [0.25, 0.3) is 0 Å². The largest absolute Gasteiger partial charge is 0.411 e. The van der Waals surface area contributed by atoms with Gasteiger partial charge in [-0.2, -0.15) is 24.9 Å². The van der Waals surface area contributed by atoms with E-state index in [-0.39, 0.29) is 18.2 Å². The first kappa shape index (κ1) is 16.4. The minimum Gasteiger partial charge on any atom is -0.374 e. The van der Waals surface area contributed by atoms with Crippen molar-refractivity contribution < 1.29 is 22.6 Å². The molecule has 2 heterocycles. The molecule has 0 aromatic rings. The number of likely N-dealkylation sites (N-methyl/N-ethyl adjacent to an activating group) is 1. The molecule has 3 nitrogen and oxygen atoms in total. The zero-order valence-electron chi connectivity index (χ0n) is 11.7. The quantitative estimate of drug-likeness (QED) is 0.844. The summed E-state index contributed by atoms with van der Waals surface area (Å²) in [6.45, 7) is -0.373. The predicted octanol–water partition coefficient (Wildman–Crippen LogP) is 2.46. The van der Waals surface area contributed by atoms with Gasteiger partial charge in [-0.15, -0.1) is 0 Å². The van der Waals surface area contributed by atoms with Crippen LogP contribution < -0.4 is 5.32 Å². The van der Waals surface area contributed by atoms with E-state index in [0.717, 1.165) is 30.8 Å². The number of thioether (sulfide) groups is 1. The van der Waals surface area contributed by atoms with Crippen molar-refractivity contribution in [3.63, 3.8) is 0 Å². The van der Waals surface area contributed by atoms with Crippen LogP contribution in [0.1, 0.15) is 19.3 Å². The molecule has 2 aliphatic rings. The van der Waals surface area contributed by atoms with E-state index < -0.39 is 12.8 Å². The van der Waals surface area contributed by atoms with Crippen LogP contribution in [0.4, 0.5) is 13.2 Å². The molecule has 0 amide bonds. The Morgan fingerprint density at radius 2 is 2.30 bits per heavy atom. The van der Waals surface area contributed by atoms with Gasteiger partial charge in [0.15, 0.2) is 0 Å². The average Bonchev–Trinajstić information content (AvgIpc) is 2.81. The maximum absolute atomic E-state index is 12.1. The minimum absolute atomic E-state index is 0.0382. The fourth-order valence-electron chi connectivity index (χ4n) is 3.03. The first-order chi connectivity index (χ1) is 9.44. The van der Waals surface area contributed by atoms with Gasteiger partial charge in [0.05, 0.1) is 12.2 Å². The van der Waals surface area contributed by atoms with Crippen LogP contribution in [0.2, 0.25) is 0 Å². The molecule has 1 spiro atoms. The summed E-state index contributed by atoms with van der Waals surface area (Å²) in [7, 11) is 1.78. The van der Waals surface area contributed by atoms with Gasteiger partial charge in [-0.1, -0.05) is 0 Å². The van der Waals surface area contributed by atoms with E-state index >= 15 is 0 Å². The van der Waals surface area contributed by atoms with Crippen LogP contribution in [-0.4, -0.2) is 56.2 Å². The topological polar surface area (TPSA) is 30.5 Å². The summed E-state index contributed by atoms with van der Waals surface area (Å²) in [5.74, 6) is 2.44. The lowest BCUT2D eigenvalue weighted by molar-refractivity contribution is -0.177. The highest BCUT2D eigenvalue weighted by Gasteiger charge is 2.42. The van der Waals surface area contributed by atoms with Crippen molar-refractivity contribution in [2.45, 2.75) is 37.1 Å². The first-order valence-corrected chi connectivity index (χ1v) is 8.13. The Hall–Kier alpha value is 0.0200. The lowest BCUT2D eigenvalue weighted by Crippen LogP contribution is -2.48. The summed E-state index contributed by atoms with van der Waals surface area (Å²) in [6, 6.07) is -0.0382. The summed E-state index contributed by atoms with van der Waals surface area (Å²) in [5.41, 5.74) is -0.0489. The van der Waals surface area contributed by atoms with Crippen LogP contribution >= 0.6 is 11.8 Å². The smallest absolute Gasteiger partial charge is 0.374 e. The molecule has 0 aromatic heterocycles. The van der Waals surface area contributed by atoms with E-state index in [9.17, 15) is 13.2 Å². The molecule has 2 fully saturated rings. The van der Waals surface area contributed by atoms with E-state index in [1.165, 1.54) is 0 Å². The maximum Gasteiger partial charge on any atom is 0.411 e. The van der Waals surface area contributed by atoms with Gasteiger partial charge >= 0.3 is 6.18 Å². The molecule has 2 aliphatic heterocycles. The van der Waals surface area contributed by atoms with Crippen molar-refractivity contribution in [3.8, 4) is 0 Å². The average molecular weight is 313 g/mol. The Bertz CT molecular complexity index is 308. The van der Waals surface area contributed by atoms with Gasteiger partial charge in [0, 0.05) is 18.4 Å². The summed E-state index contributed by atoms with van der Waals surface area (Å²) < 4.78 is 47.1. The van der Waals surface area contributed by atoms with Crippen molar-refractivity contribution in [1.29, 1.82) is 0 Å². The van der Waals surface area contributed by atoms with E-state index in [0.29, 0.717) is 12.5 Å². The van der Waals surface area contributed by atoms with Crippen LogP contribution in [-0.2, 0) is 9.47 Å². The van der Waals surface area contributed by atoms with Gasteiger partial charge in [0.1, 0.15) is 6.61 Å². The second kappa shape index (κ2) is 6.85. The zero-order valence-corrected chi connectivity index (χ0v) is 12.5. The second-order valence-corrected chi connectivity index (χ2v) is 6.72. The van der Waals surface area contributed by atoms with Crippen LogP contribution in [0.3, 0.4) is 0 Å². The molecule has 20 heavy (non-hydrogen) atoms. The zero-order chi connectivity index (χ0) is 14.6. The fraction of sp³-hybridized carbons (Fsp3) is 1.00. The third kappa shape index (κ3) is 4.51. The molecule has 0 radical (unpaired) electrons. The van der Waals surface area contributed by atoms with Crippen LogP contribution in [0.15, 0.2) is 0 Å². The molecule has 0 saturated carbocycles. The van der Waals surface area contributed by atoms with Crippen molar-refractivity contribution in [1.82, 2.24) is 5.32 Å². The third-order valence-electron chi connectivity index (χ3n) is 4.10. The van der Waals surface area contributed by atoms with E-state index in [4.69, 9.17) is 9.47 Å². The van der Waals surface area contributed by atoms with Crippen LogP contribution in [0.25, 0.3) is 0 Å². The van der Waals surface area contributed by atoms with Gasteiger partial charge in [0.2, 0.25) is 0 Å². The molecule has 0 aliphatic carbocycles. The SMILES string of the molecule is CNC(COCC(F)(F)F)C1CCOC2(CCSC2)C1. The van der Waals surface area contributed by atoms with Gasteiger partial charge in [-0.3, -0.25) is 0 Å². The number of hydrogen-bond acceptors (Lipinski definition) is 4. The predicted molar refractivity (Wildman–Crippen MR) is 73.1 cm³/mol. The van der Waals surface area contributed by atoms with Crippen LogP contribution in [0.5, 0.6) is 0 Å². The molecule has 0 aromatic carbocycles. The highest BCUT2D eigenvalue weighted by atomic mass is 32.2. The second-order valence-electron chi connectivity index (χ2n) is 5.61. The number of halogens is 3. The maximum atomic E-state index is 12.1. The highest BCUT2D eigenvalue weighted by molar-refractivity contribution is 7.99. The number of nitrogens with one attached hydrogen (secondary N) is 1. The molecule has 1 N–H and O–H groups in total. The molecule has 3 unspecified atom stereocenters. The van der Waals surface area contributed by atoms with Crippen molar-refractivity contribution in [2.75, 3.05) is 38.4 Å². The van der Waals surface area contributed by atoms with E-state index in [1.807, 2.05) is 11.8 Å². The number of hydrogen-bond donors (Lipinski definition) is 1. The van der Waals surface area contributed by atoms with Gasteiger partial charge in [-0.05, 0) is 38.0 Å². The van der Waals surface area contributed by atoms with Crippen molar-refractivity contribution in [3.05, 3.63) is 0 Å². The Kier molecular flexibility index (Phi) is 5.62. The van der Waals surface area contributed by atoms with E-state index in [2.05, 4.69) is 5.32 Å². The lowest BCUT2D eigenvalue weighted by Gasteiger charge is -2.40. The molecular weight excluding hydrogens is 291 g/mol. The Morgan fingerprint density at radius 1 is 1.50 bits per heavy atom. The third-order valence-corrected chi connectivity index (χ3v) is 5.32. The standard InChI is InChI=1S/C13H22F3NO2S/c1-17-11(7-18-8-13(14,15)16)10-2-4-19-12(6-10)3-5-20-9-12/h10-11,17H,2-9H2,1H3. The Morgan fingerprint density at radius 3 is 2.90 bits per heavy atom. The molecule has 3 atom stereocenters.